The molecule has 0 spiro atoms. The smallest absolute Gasteiger partial charge is 0.333 e. The van der Waals surface area contributed by atoms with Crippen molar-refractivity contribution < 1.29 is 19.4 Å². The largest absolute Gasteiger partial charge is 0.497 e. The number of carboxylic acid groups (broad SMARTS) is 1. The summed E-state index contributed by atoms with van der Waals surface area (Å²) in [7, 11) is 1.55. The second-order valence-corrected chi connectivity index (χ2v) is 3.60. The number of nitrogens with zero attached hydrogens (tertiary/aromatic N) is 1. The van der Waals surface area contributed by atoms with Gasteiger partial charge in [-0.05, 0) is 24.3 Å². The molecule has 88 valence electrons. The maximum Gasteiger partial charge on any atom is 0.333 e. The van der Waals surface area contributed by atoms with Gasteiger partial charge >= 0.3 is 5.97 Å². The number of amides is 1. The SMILES string of the molecule is COc1ccc(N2C=C(C(=O)O)CC2=O)cc1. The van der Waals surface area contributed by atoms with Crippen molar-refractivity contribution in [3.8, 4) is 5.75 Å². The third-order valence-corrected chi connectivity index (χ3v) is 2.52. The van der Waals surface area contributed by atoms with Gasteiger partial charge in [0, 0.05) is 11.9 Å². The van der Waals surface area contributed by atoms with Crippen molar-refractivity contribution >= 4 is 17.6 Å². The van der Waals surface area contributed by atoms with Crippen LogP contribution < -0.4 is 9.64 Å². The van der Waals surface area contributed by atoms with Gasteiger partial charge in [0.15, 0.2) is 0 Å². The average molecular weight is 233 g/mol. The lowest BCUT2D eigenvalue weighted by atomic mass is 10.2. The number of ether oxygens (including phenoxy) is 1. The highest BCUT2D eigenvalue weighted by Gasteiger charge is 2.26. The molecule has 0 aromatic heterocycles. The molecule has 1 N–H and O–H groups in total. The lowest BCUT2D eigenvalue weighted by Gasteiger charge is -2.13. The van der Waals surface area contributed by atoms with E-state index < -0.39 is 5.97 Å². The molecule has 0 bridgehead atoms. The number of carbonyl (C=O) groups is 2. The number of hydrogen-bond donors (Lipinski definition) is 1. The molecule has 1 aliphatic rings. The van der Waals surface area contributed by atoms with Gasteiger partial charge in [0.25, 0.3) is 0 Å². The molecule has 5 nitrogen and oxygen atoms in total. The second-order valence-electron chi connectivity index (χ2n) is 3.60. The third-order valence-electron chi connectivity index (χ3n) is 2.52. The molecule has 17 heavy (non-hydrogen) atoms. The number of hydrogen-bond acceptors (Lipinski definition) is 3. The molecule has 1 aliphatic heterocycles. The minimum atomic E-state index is -1.06. The molecule has 0 saturated carbocycles. The monoisotopic (exact) mass is 233 g/mol. The minimum Gasteiger partial charge on any atom is -0.497 e. The Balaban J connectivity index is 2.27. The number of anilines is 1. The van der Waals surface area contributed by atoms with Gasteiger partial charge in [0.05, 0.1) is 19.1 Å². The molecule has 0 saturated heterocycles. The summed E-state index contributed by atoms with van der Waals surface area (Å²) in [6.45, 7) is 0. The molecule has 1 aromatic carbocycles. The highest BCUT2D eigenvalue weighted by Crippen LogP contribution is 2.25. The molecule has 0 atom stereocenters. The van der Waals surface area contributed by atoms with Gasteiger partial charge in [-0.2, -0.15) is 0 Å². The molecule has 2 rings (SSSR count). The molecule has 0 aliphatic carbocycles. The van der Waals surface area contributed by atoms with E-state index >= 15 is 0 Å². The highest BCUT2D eigenvalue weighted by atomic mass is 16.5. The van der Waals surface area contributed by atoms with Crippen LogP contribution in [0, 0.1) is 0 Å². The van der Waals surface area contributed by atoms with E-state index in [0.717, 1.165) is 0 Å². The molecular weight excluding hydrogens is 222 g/mol. The lowest BCUT2D eigenvalue weighted by molar-refractivity contribution is -0.133. The van der Waals surface area contributed by atoms with Crippen LogP contribution in [-0.4, -0.2) is 24.1 Å². The fourth-order valence-electron chi connectivity index (χ4n) is 1.61. The third kappa shape index (κ3) is 2.13. The van der Waals surface area contributed by atoms with E-state index in [2.05, 4.69) is 0 Å². The molecule has 0 radical (unpaired) electrons. The number of carboxylic acids is 1. The van der Waals surface area contributed by atoms with Crippen LogP contribution in [0.25, 0.3) is 0 Å². The summed E-state index contributed by atoms with van der Waals surface area (Å²) in [6.07, 6.45) is 1.29. The van der Waals surface area contributed by atoms with Crippen LogP contribution in [0.5, 0.6) is 5.75 Å². The van der Waals surface area contributed by atoms with E-state index in [4.69, 9.17) is 9.84 Å². The summed E-state index contributed by atoms with van der Waals surface area (Å²) in [5, 5.41) is 8.81. The predicted octanol–water partition coefficient (Wildman–Crippen LogP) is 1.40. The Bertz CT molecular complexity index is 490. The molecule has 1 heterocycles. The summed E-state index contributed by atoms with van der Waals surface area (Å²) in [5.74, 6) is -0.621. The Hall–Kier alpha value is -2.30. The molecule has 1 amide bonds. The molecule has 0 unspecified atom stereocenters. The van der Waals surface area contributed by atoms with Crippen molar-refractivity contribution in [1.82, 2.24) is 0 Å². The van der Waals surface area contributed by atoms with Gasteiger partial charge in [0.1, 0.15) is 5.75 Å². The van der Waals surface area contributed by atoms with E-state index in [1.807, 2.05) is 0 Å². The van der Waals surface area contributed by atoms with Crippen LogP contribution in [-0.2, 0) is 9.59 Å². The van der Waals surface area contributed by atoms with Crippen LogP contribution in [0.15, 0.2) is 36.0 Å². The van der Waals surface area contributed by atoms with E-state index in [-0.39, 0.29) is 17.9 Å². The maximum absolute atomic E-state index is 11.6. The summed E-state index contributed by atoms with van der Waals surface area (Å²) in [4.78, 5) is 23.7. The molecule has 5 heteroatoms. The van der Waals surface area contributed by atoms with E-state index in [1.54, 1.807) is 31.4 Å². The van der Waals surface area contributed by atoms with Gasteiger partial charge in [-0.1, -0.05) is 0 Å². The zero-order valence-electron chi connectivity index (χ0n) is 9.21. The van der Waals surface area contributed by atoms with E-state index in [1.165, 1.54) is 11.1 Å². The molecule has 0 fully saturated rings. The zero-order valence-corrected chi connectivity index (χ0v) is 9.21. The van der Waals surface area contributed by atoms with Crippen LogP contribution in [0.4, 0.5) is 5.69 Å². The van der Waals surface area contributed by atoms with Crippen LogP contribution >= 0.6 is 0 Å². The van der Waals surface area contributed by atoms with Crippen molar-refractivity contribution in [2.75, 3.05) is 12.0 Å². The number of carbonyl (C=O) groups excluding carboxylic acids is 1. The number of benzene rings is 1. The quantitative estimate of drug-likeness (QED) is 0.856. The maximum atomic E-state index is 11.6. The second kappa shape index (κ2) is 4.29. The Kier molecular flexibility index (Phi) is 2.82. The van der Waals surface area contributed by atoms with Crippen LogP contribution in [0.2, 0.25) is 0 Å². The Morgan fingerprint density at radius 2 is 2.00 bits per heavy atom. The van der Waals surface area contributed by atoms with Gasteiger partial charge < -0.3 is 9.84 Å². The highest BCUT2D eigenvalue weighted by molar-refractivity contribution is 6.07. The minimum absolute atomic E-state index is 0.0681. The summed E-state index contributed by atoms with van der Waals surface area (Å²) in [6, 6.07) is 6.85. The number of methoxy groups -OCH3 is 1. The summed E-state index contributed by atoms with van der Waals surface area (Å²) >= 11 is 0. The van der Waals surface area contributed by atoms with Crippen molar-refractivity contribution in [2.45, 2.75) is 6.42 Å². The van der Waals surface area contributed by atoms with Gasteiger partial charge in [-0.25, -0.2) is 4.79 Å². The van der Waals surface area contributed by atoms with E-state index in [9.17, 15) is 9.59 Å². The lowest BCUT2D eigenvalue weighted by Crippen LogP contribution is -2.19. The molecule has 1 aromatic rings. The Morgan fingerprint density at radius 1 is 1.35 bits per heavy atom. The van der Waals surface area contributed by atoms with Gasteiger partial charge in [0.2, 0.25) is 5.91 Å². The Morgan fingerprint density at radius 3 is 2.47 bits per heavy atom. The van der Waals surface area contributed by atoms with Gasteiger partial charge in [-0.3, -0.25) is 9.69 Å². The van der Waals surface area contributed by atoms with Crippen molar-refractivity contribution in [1.29, 1.82) is 0 Å². The Labute approximate surface area is 97.9 Å². The average Bonchev–Trinajstić information content (AvgIpc) is 2.72. The van der Waals surface area contributed by atoms with Gasteiger partial charge in [-0.15, -0.1) is 0 Å². The van der Waals surface area contributed by atoms with Crippen molar-refractivity contribution in [3.63, 3.8) is 0 Å². The fourth-order valence-corrected chi connectivity index (χ4v) is 1.61. The predicted molar refractivity (Wildman–Crippen MR) is 60.8 cm³/mol. The van der Waals surface area contributed by atoms with Crippen molar-refractivity contribution in [2.24, 2.45) is 0 Å². The zero-order chi connectivity index (χ0) is 12.4. The summed E-state index contributed by atoms with van der Waals surface area (Å²) < 4.78 is 5.01. The first-order valence-electron chi connectivity index (χ1n) is 5.02. The first-order chi connectivity index (χ1) is 8.11. The number of rotatable bonds is 3. The topological polar surface area (TPSA) is 66.8 Å². The first kappa shape index (κ1) is 11.2. The van der Waals surface area contributed by atoms with Crippen LogP contribution in [0.3, 0.4) is 0 Å². The normalized spacial score (nSPS) is 14.8. The van der Waals surface area contributed by atoms with E-state index in [0.29, 0.717) is 11.4 Å². The first-order valence-corrected chi connectivity index (χ1v) is 5.02. The number of aliphatic carboxylic acids is 1. The standard InChI is InChI=1S/C12H11NO4/c1-17-10-4-2-9(3-5-10)13-7-8(12(15)16)6-11(13)14/h2-5,7H,6H2,1H3,(H,15,16). The van der Waals surface area contributed by atoms with Crippen molar-refractivity contribution in [3.05, 3.63) is 36.0 Å². The summed E-state index contributed by atoms with van der Waals surface area (Å²) in [5.41, 5.74) is 0.734. The fraction of sp³-hybridized carbons (Fsp3) is 0.167. The molecular formula is C12H11NO4. The van der Waals surface area contributed by atoms with Crippen LogP contribution in [0.1, 0.15) is 6.42 Å².